The van der Waals surface area contributed by atoms with E-state index >= 15 is 0 Å². The highest BCUT2D eigenvalue weighted by atomic mass is 16.5. The van der Waals surface area contributed by atoms with E-state index in [4.69, 9.17) is 9.84 Å². The van der Waals surface area contributed by atoms with Crippen molar-refractivity contribution < 1.29 is 9.84 Å². The second-order valence-electron chi connectivity index (χ2n) is 5.80. The van der Waals surface area contributed by atoms with E-state index in [2.05, 4.69) is 55.6 Å². The summed E-state index contributed by atoms with van der Waals surface area (Å²) in [7, 11) is 3.67. The molecular formula is C19H26N2O2. The Morgan fingerprint density at radius 1 is 1.17 bits per heavy atom. The average Bonchev–Trinajstić information content (AvgIpc) is 2.55. The van der Waals surface area contributed by atoms with E-state index in [1.807, 2.05) is 18.0 Å². The summed E-state index contributed by atoms with van der Waals surface area (Å²) in [5.41, 5.74) is 4.51. The first-order valence-corrected chi connectivity index (χ1v) is 7.88. The van der Waals surface area contributed by atoms with Crippen LogP contribution in [0.1, 0.15) is 24.1 Å². The number of benzene rings is 2. The lowest BCUT2D eigenvalue weighted by atomic mass is 10.0. The molecule has 2 rings (SSSR count). The van der Waals surface area contributed by atoms with Crippen LogP contribution in [0.4, 0.5) is 11.4 Å². The van der Waals surface area contributed by atoms with Gasteiger partial charge >= 0.3 is 0 Å². The van der Waals surface area contributed by atoms with Gasteiger partial charge in [-0.3, -0.25) is 0 Å². The highest BCUT2D eigenvalue weighted by Crippen LogP contribution is 2.29. The molecule has 0 bridgehead atoms. The molecule has 0 amide bonds. The quantitative estimate of drug-likeness (QED) is 0.819. The number of nitrogens with zero attached hydrogens (tertiary/aromatic N) is 1. The molecule has 4 heteroatoms. The molecule has 2 N–H and O–H groups in total. The van der Waals surface area contributed by atoms with Gasteiger partial charge in [0, 0.05) is 30.5 Å². The van der Waals surface area contributed by atoms with Crippen molar-refractivity contribution in [1.82, 2.24) is 0 Å². The van der Waals surface area contributed by atoms with Gasteiger partial charge in [0.25, 0.3) is 0 Å². The molecule has 0 saturated heterocycles. The fourth-order valence-electron chi connectivity index (χ4n) is 2.61. The molecule has 0 fully saturated rings. The Morgan fingerprint density at radius 2 is 1.87 bits per heavy atom. The van der Waals surface area contributed by atoms with Gasteiger partial charge in [0.1, 0.15) is 5.75 Å². The molecule has 0 heterocycles. The molecular weight excluding hydrogens is 288 g/mol. The van der Waals surface area contributed by atoms with E-state index in [-0.39, 0.29) is 12.6 Å². The molecule has 2 aromatic rings. The van der Waals surface area contributed by atoms with E-state index in [1.165, 1.54) is 5.56 Å². The lowest BCUT2D eigenvalue weighted by molar-refractivity contribution is 0.304. The minimum atomic E-state index is 0.144. The maximum atomic E-state index is 9.00. The van der Waals surface area contributed by atoms with Gasteiger partial charge in [0.2, 0.25) is 0 Å². The number of rotatable bonds is 7. The van der Waals surface area contributed by atoms with Gasteiger partial charge in [-0.15, -0.1) is 0 Å². The number of aliphatic hydroxyl groups is 1. The van der Waals surface area contributed by atoms with Crippen LogP contribution in [0.5, 0.6) is 5.75 Å². The normalized spacial score (nSPS) is 11.9. The third-order valence-electron chi connectivity index (χ3n) is 3.98. The standard InChI is InChI=1S/C19H26N2O2/c1-14-5-10-19(23-4)18(13-14)15(2)20-16-6-8-17(9-7-16)21(3)11-12-22/h5-10,13,15,20,22H,11-12H2,1-4H3. The fourth-order valence-corrected chi connectivity index (χ4v) is 2.61. The van der Waals surface area contributed by atoms with E-state index in [9.17, 15) is 0 Å². The first kappa shape index (κ1) is 17.2. The molecule has 23 heavy (non-hydrogen) atoms. The molecule has 2 aromatic carbocycles. The molecule has 0 spiro atoms. The molecule has 1 unspecified atom stereocenters. The third kappa shape index (κ3) is 4.39. The van der Waals surface area contributed by atoms with Crippen molar-refractivity contribution >= 4 is 11.4 Å². The van der Waals surface area contributed by atoms with Crippen molar-refractivity contribution in [2.24, 2.45) is 0 Å². The lowest BCUT2D eigenvalue weighted by Crippen LogP contribution is -2.20. The minimum absolute atomic E-state index is 0.144. The van der Waals surface area contributed by atoms with E-state index in [0.29, 0.717) is 6.54 Å². The predicted molar refractivity (Wildman–Crippen MR) is 96.6 cm³/mol. The van der Waals surface area contributed by atoms with E-state index in [0.717, 1.165) is 22.7 Å². The third-order valence-corrected chi connectivity index (χ3v) is 3.98. The summed E-state index contributed by atoms with van der Waals surface area (Å²) in [4.78, 5) is 2.02. The van der Waals surface area contributed by atoms with Crippen LogP contribution in [0.25, 0.3) is 0 Å². The van der Waals surface area contributed by atoms with Crippen molar-refractivity contribution in [3.63, 3.8) is 0 Å². The largest absolute Gasteiger partial charge is 0.496 e. The van der Waals surface area contributed by atoms with Crippen LogP contribution < -0.4 is 15.0 Å². The Kier molecular flexibility index (Phi) is 5.88. The number of aryl methyl sites for hydroxylation is 1. The monoisotopic (exact) mass is 314 g/mol. The van der Waals surface area contributed by atoms with Gasteiger partial charge in [-0.2, -0.15) is 0 Å². The van der Waals surface area contributed by atoms with Crippen molar-refractivity contribution in [3.05, 3.63) is 53.6 Å². The van der Waals surface area contributed by atoms with Crippen LogP contribution in [0.2, 0.25) is 0 Å². The summed E-state index contributed by atoms with van der Waals surface area (Å²) in [5.74, 6) is 0.898. The number of hydrogen-bond acceptors (Lipinski definition) is 4. The van der Waals surface area contributed by atoms with Crippen molar-refractivity contribution in [2.45, 2.75) is 19.9 Å². The zero-order valence-electron chi connectivity index (χ0n) is 14.3. The number of nitrogens with one attached hydrogen (secondary N) is 1. The highest BCUT2D eigenvalue weighted by Gasteiger charge is 2.12. The summed E-state index contributed by atoms with van der Waals surface area (Å²) in [6, 6.07) is 14.6. The summed E-state index contributed by atoms with van der Waals surface area (Å²) in [6.07, 6.45) is 0. The number of hydrogen-bond donors (Lipinski definition) is 2. The van der Waals surface area contributed by atoms with Crippen LogP contribution in [0, 0.1) is 6.92 Å². The van der Waals surface area contributed by atoms with E-state index < -0.39 is 0 Å². The number of ether oxygens (including phenoxy) is 1. The SMILES string of the molecule is COc1ccc(C)cc1C(C)Nc1ccc(N(C)CCO)cc1. The first-order valence-electron chi connectivity index (χ1n) is 7.88. The second kappa shape index (κ2) is 7.88. The second-order valence-corrected chi connectivity index (χ2v) is 5.80. The van der Waals surface area contributed by atoms with Gasteiger partial charge in [0.15, 0.2) is 0 Å². The summed E-state index contributed by atoms with van der Waals surface area (Å²) in [6.45, 7) is 4.99. The molecule has 124 valence electrons. The smallest absolute Gasteiger partial charge is 0.124 e. The highest BCUT2D eigenvalue weighted by molar-refractivity contribution is 5.56. The molecule has 0 aliphatic heterocycles. The fraction of sp³-hybridized carbons (Fsp3) is 0.368. The van der Waals surface area contributed by atoms with Crippen LogP contribution in [0.15, 0.2) is 42.5 Å². The van der Waals surface area contributed by atoms with Crippen LogP contribution in [-0.4, -0.2) is 32.4 Å². The number of methoxy groups -OCH3 is 1. The van der Waals surface area contributed by atoms with Crippen LogP contribution in [0.3, 0.4) is 0 Å². The topological polar surface area (TPSA) is 44.7 Å². The van der Waals surface area contributed by atoms with Crippen LogP contribution in [-0.2, 0) is 0 Å². The molecule has 0 aliphatic rings. The first-order chi connectivity index (χ1) is 11.0. The Labute approximate surface area is 138 Å². The summed E-state index contributed by atoms with van der Waals surface area (Å²) in [5, 5.41) is 12.5. The lowest BCUT2D eigenvalue weighted by Gasteiger charge is -2.21. The molecule has 0 radical (unpaired) electrons. The van der Waals surface area contributed by atoms with Gasteiger partial charge in [-0.25, -0.2) is 0 Å². The average molecular weight is 314 g/mol. The molecule has 1 atom stereocenters. The number of anilines is 2. The molecule has 0 aliphatic carbocycles. The Morgan fingerprint density at radius 3 is 2.48 bits per heavy atom. The zero-order chi connectivity index (χ0) is 16.8. The van der Waals surface area contributed by atoms with Gasteiger partial charge in [-0.1, -0.05) is 17.7 Å². The molecule has 4 nitrogen and oxygen atoms in total. The van der Waals surface area contributed by atoms with Gasteiger partial charge in [0.05, 0.1) is 19.8 Å². The maximum Gasteiger partial charge on any atom is 0.124 e. The minimum Gasteiger partial charge on any atom is -0.496 e. The van der Waals surface area contributed by atoms with E-state index in [1.54, 1.807) is 7.11 Å². The zero-order valence-corrected chi connectivity index (χ0v) is 14.3. The number of aliphatic hydroxyl groups excluding tert-OH is 1. The van der Waals surface area contributed by atoms with Crippen molar-refractivity contribution in [2.75, 3.05) is 37.5 Å². The Bertz CT molecular complexity index is 626. The van der Waals surface area contributed by atoms with Crippen molar-refractivity contribution in [3.8, 4) is 5.75 Å². The van der Waals surface area contributed by atoms with Gasteiger partial charge in [-0.05, 0) is 44.2 Å². The Balaban J connectivity index is 2.11. The van der Waals surface area contributed by atoms with Crippen molar-refractivity contribution in [1.29, 1.82) is 0 Å². The summed E-state index contributed by atoms with van der Waals surface area (Å²) >= 11 is 0. The van der Waals surface area contributed by atoms with Gasteiger partial charge < -0.3 is 20.1 Å². The maximum absolute atomic E-state index is 9.00. The molecule has 0 saturated carbocycles. The molecule has 0 aromatic heterocycles. The van der Waals surface area contributed by atoms with Crippen LogP contribution >= 0.6 is 0 Å². The predicted octanol–water partition coefficient (Wildman–Crippen LogP) is 3.61. The number of likely N-dealkylation sites (N-methyl/N-ethyl adjacent to an activating group) is 1. The Hall–Kier alpha value is -2.20. The summed E-state index contributed by atoms with van der Waals surface area (Å²) < 4.78 is 5.47.